The summed E-state index contributed by atoms with van der Waals surface area (Å²) < 4.78 is 28.6. The van der Waals surface area contributed by atoms with Gasteiger partial charge in [0.05, 0.1) is 24.5 Å². The van der Waals surface area contributed by atoms with Crippen molar-refractivity contribution in [2.24, 2.45) is 17.0 Å². The number of aromatic nitrogens is 2. The molecule has 1 fully saturated rings. The average molecular weight is 460 g/mol. The number of rotatable bonds is 8. The Hall–Kier alpha value is -2.30. The van der Waals surface area contributed by atoms with Crippen molar-refractivity contribution in [3.8, 4) is 11.3 Å². The number of aryl methyl sites for hydroxylation is 2. The van der Waals surface area contributed by atoms with Gasteiger partial charge < -0.3 is 10.2 Å². The van der Waals surface area contributed by atoms with E-state index in [0.29, 0.717) is 19.4 Å². The van der Waals surface area contributed by atoms with Gasteiger partial charge in [-0.05, 0) is 48.9 Å². The largest absolute Gasteiger partial charge is 0.390 e. The molecule has 0 spiro atoms. The average Bonchev–Trinajstić information content (AvgIpc) is 3.25. The van der Waals surface area contributed by atoms with E-state index in [1.807, 2.05) is 29.8 Å². The molecule has 4 unspecified atom stereocenters. The normalized spacial score (nSPS) is 23.8. The van der Waals surface area contributed by atoms with Crippen LogP contribution in [0.1, 0.15) is 25.0 Å². The van der Waals surface area contributed by atoms with E-state index in [2.05, 4.69) is 34.5 Å². The number of benzene rings is 2. The topological polar surface area (TPSA) is 128 Å². The van der Waals surface area contributed by atoms with E-state index >= 15 is 0 Å². The van der Waals surface area contributed by atoms with Gasteiger partial charge in [0.25, 0.3) is 0 Å². The van der Waals surface area contributed by atoms with E-state index < -0.39 is 28.4 Å². The highest BCUT2D eigenvalue weighted by molar-refractivity contribution is 7.84. The first-order valence-electron chi connectivity index (χ1n) is 10.8. The highest BCUT2D eigenvalue weighted by Gasteiger charge is 2.41. The van der Waals surface area contributed by atoms with Gasteiger partial charge >= 0.3 is 10.3 Å². The number of aliphatic hydroxyl groups excluding tert-OH is 2. The lowest BCUT2D eigenvalue weighted by Crippen LogP contribution is -2.31. The van der Waals surface area contributed by atoms with Crippen molar-refractivity contribution in [1.29, 1.82) is 0 Å². The van der Waals surface area contributed by atoms with Gasteiger partial charge in [0.2, 0.25) is 0 Å². The second kappa shape index (κ2) is 9.29. The van der Waals surface area contributed by atoms with E-state index in [-0.39, 0.29) is 12.5 Å². The summed E-state index contributed by atoms with van der Waals surface area (Å²) in [5.74, 6) is -0.592. The number of fused-ring (bicyclic) bond motifs is 1. The molecule has 32 heavy (non-hydrogen) atoms. The third-order valence-electron chi connectivity index (χ3n) is 6.36. The number of nitrogens with zero attached hydrogens (tertiary/aromatic N) is 2. The summed E-state index contributed by atoms with van der Waals surface area (Å²) in [6.07, 6.45) is 0.0130. The van der Waals surface area contributed by atoms with E-state index in [1.165, 1.54) is 5.39 Å². The van der Waals surface area contributed by atoms with Crippen molar-refractivity contribution in [2.75, 3.05) is 6.61 Å². The predicted molar refractivity (Wildman–Crippen MR) is 122 cm³/mol. The fourth-order valence-corrected chi connectivity index (χ4v) is 5.05. The Morgan fingerprint density at radius 3 is 2.62 bits per heavy atom. The lowest BCUT2D eigenvalue weighted by atomic mass is 9.98. The molecule has 1 aliphatic carbocycles. The summed E-state index contributed by atoms with van der Waals surface area (Å²) in [4.78, 5) is 0. The smallest absolute Gasteiger partial charge is 0.333 e. The van der Waals surface area contributed by atoms with Crippen LogP contribution in [0, 0.1) is 18.8 Å². The summed E-state index contributed by atoms with van der Waals surface area (Å²) in [7, 11) is -4.07. The van der Waals surface area contributed by atoms with Crippen LogP contribution < -0.4 is 5.14 Å². The fraction of sp³-hybridized carbons (Fsp3) is 0.435. The van der Waals surface area contributed by atoms with Crippen LogP contribution in [0.3, 0.4) is 0 Å². The number of aliphatic hydroxyl groups is 2. The van der Waals surface area contributed by atoms with Gasteiger partial charge in [-0.15, -0.1) is 0 Å². The van der Waals surface area contributed by atoms with Crippen molar-refractivity contribution in [1.82, 2.24) is 9.78 Å². The van der Waals surface area contributed by atoms with Gasteiger partial charge in [0.15, 0.2) is 0 Å². The number of hydrogen-bond donors (Lipinski definition) is 3. The van der Waals surface area contributed by atoms with Crippen LogP contribution in [0.4, 0.5) is 0 Å². The predicted octanol–water partition coefficient (Wildman–Crippen LogP) is 2.37. The zero-order valence-corrected chi connectivity index (χ0v) is 18.8. The minimum Gasteiger partial charge on any atom is -0.390 e. The first-order chi connectivity index (χ1) is 15.2. The van der Waals surface area contributed by atoms with Crippen LogP contribution in [-0.2, 0) is 21.0 Å². The number of hydrogen-bond acceptors (Lipinski definition) is 6. The summed E-state index contributed by atoms with van der Waals surface area (Å²) >= 11 is 0. The summed E-state index contributed by atoms with van der Waals surface area (Å²) in [6.45, 7) is 2.49. The fourth-order valence-electron chi connectivity index (χ4n) is 4.68. The Morgan fingerprint density at radius 1 is 1.12 bits per heavy atom. The van der Waals surface area contributed by atoms with Gasteiger partial charge in [-0.1, -0.05) is 42.5 Å². The molecule has 4 rings (SSSR count). The molecule has 2 aromatic carbocycles. The molecule has 4 atom stereocenters. The third-order valence-corrected chi connectivity index (χ3v) is 6.82. The minimum absolute atomic E-state index is 0.132. The molecule has 1 aromatic heterocycles. The lowest BCUT2D eigenvalue weighted by molar-refractivity contribution is -0.00474. The Morgan fingerprint density at radius 2 is 1.84 bits per heavy atom. The SMILES string of the molecule is Cc1cc(-c2cccc3ccccc23)nn1CCCC1CC(COS(N)(=O)=O)C(O)C1O. The first-order valence-corrected chi connectivity index (χ1v) is 12.3. The van der Waals surface area contributed by atoms with Gasteiger partial charge in [0, 0.05) is 23.7 Å². The van der Waals surface area contributed by atoms with Crippen LogP contribution in [-0.4, -0.2) is 47.2 Å². The summed E-state index contributed by atoms with van der Waals surface area (Å²) in [5.41, 5.74) is 3.08. The molecular formula is C23H29N3O5S. The van der Waals surface area contributed by atoms with Crippen molar-refractivity contribution in [2.45, 2.75) is 44.9 Å². The van der Waals surface area contributed by atoms with Crippen LogP contribution in [0.15, 0.2) is 48.5 Å². The van der Waals surface area contributed by atoms with E-state index in [1.54, 1.807) is 0 Å². The zero-order chi connectivity index (χ0) is 22.9. The molecule has 1 aliphatic rings. The molecule has 3 aromatic rings. The molecular weight excluding hydrogens is 430 g/mol. The molecule has 0 saturated heterocycles. The maximum Gasteiger partial charge on any atom is 0.333 e. The quantitative estimate of drug-likeness (QED) is 0.475. The third kappa shape index (κ3) is 5.02. The Bertz CT molecular complexity index is 1190. The molecule has 4 N–H and O–H groups in total. The van der Waals surface area contributed by atoms with Crippen LogP contribution >= 0.6 is 0 Å². The number of nitrogens with two attached hydrogens (primary N) is 1. The Balaban J connectivity index is 1.38. The molecule has 8 nitrogen and oxygen atoms in total. The minimum atomic E-state index is -4.07. The molecule has 172 valence electrons. The van der Waals surface area contributed by atoms with E-state index in [9.17, 15) is 18.6 Å². The van der Waals surface area contributed by atoms with Crippen LogP contribution in [0.2, 0.25) is 0 Å². The van der Waals surface area contributed by atoms with Crippen molar-refractivity contribution in [3.63, 3.8) is 0 Å². The second-order valence-corrected chi connectivity index (χ2v) is 9.80. The molecule has 0 aliphatic heterocycles. The van der Waals surface area contributed by atoms with Gasteiger partial charge in [-0.2, -0.15) is 13.5 Å². The monoisotopic (exact) mass is 459 g/mol. The van der Waals surface area contributed by atoms with E-state index in [4.69, 9.17) is 10.2 Å². The first kappa shape index (κ1) is 22.9. The Kier molecular flexibility index (Phi) is 6.64. The van der Waals surface area contributed by atoms with Crippen LogP contribution in [0.5, 0.6) is 0 Å². The Labute approximate surface area is 187 Å². The maximum absolute atomic E-state index is 11.0. The zero-order valence-electron chi connectivity index (χ0n) is 18.0. The molecule has 0 amide bonds. The molecule has 0 radical (unpaired) electrons. The van der Waals surface area contributed by atoms with Crippen molar-refractivity contribution < 1.29 is 22.8 Å². The standard InChI is InChI=1S/C23H29N3O5S/c1-15-12-21(20-10-4-7-16-6-2-3-9-19(16)20)25-26(15)11-5-8-17-13-18(23(28)22(17)27)14-31-32(24,29)30/h2-4,6-7,9-10,12,17-18,22-23,27-28H,5,8,11,13-14H2,1H3,(H2,24,29,30). The highest BCUT2D eigenvalue weighted by atomic mass is 32.2. The van der Waals surface area contributed by atoms with Gasteiger partial charge in [-0.3, -0.25) is 8.86 Å². The van der Waals surface area contributed by atoms with Gasteiger partial charge in [0.1, 0.15) is 0 Å². The molecule has 0 bridgehead atoms. The van der Waals surface area contributed by atoms with Crippen molar-refractivity contribution >= 4 is 21.1 Å². The molecule has 1 heterocycles. The second-order valence-electron chi connectivity index (χ2n) is 8.58. The highest BCUT2D eigenvalue weighted by Crippen LogP contribution is 2.35. The lowest BCUT2D eigenvalue weighted by Gasteiger charge is -2.17. The molecule has 9 heteroatoms. The maximum atomic E-state index is 11.0. The molecule has 1 saturated carbocycles. The summed E-state index contributed by atoms with van der Waals surface area (Å²) in [5, 5.41) is 32.6. The van der Waals surface area contributed by atoms with Crippen LogP contribution in [0.25, 0.3) is 22.0 Å². The summed E-state index contributed by atoms with van der Waals surface area (Å²) in [6, 6.07) is 16.5. The van der Waals surface area contributed by atoms with Gasteiger partial charge in [-0.25, -0.2) is 5.14 Å². The van der Waals surface area contributed by atoms with Crippen molar-refractivity contribution in [3.05, 3.63) is 54.2 Å². The van der Waals surface area contributed by atoms with E-state index in [0.717, 1.165) is 28.8 Å².